The molecule has 90 valence electrons. The Labute approximate surface area is 110 Å². The van der Waals surface area contributed by atoms with Crippen molar-refractivity contribution in [3.8, 4) is 11.3 Å². The van der Waals surface area contributed by atoms with Crippen LogP contribution in [0.2, 0.25) is 0 Å². The molecule has 3 nitrogen and oxygen atoms in total. The second kappa shape index (κ2) is 3.92. The Kier molecular flexibility index (Phi) is 2.12. The molecule has 2 aromatic heterocycles. The van der Waals surface area contributed by atoms with Crippen LogP contribution in [0.5, 0.6) is 0 Å². The highest BCUT2D eigenvalue weighted by Crippen LogP contribution is 2.24. The van der Waals surface area contributed by atoms with Gasteiger partial charge in [-0.25, -0.2) is 9.50 Å². The highest BCUT2D eigenvalue weighted by Gasteiger charge is 2.06. The van der Waals surface area contributed by atoms with E-state index in [2.05, 4.69) is 52.5 Å². The molecule has 0 aliphatic heterocycles. The number of aromatic nitrogens is 3. The summed E-state index contributed by atoms with van der Waals surface area (Å²) >= 11 is 0. The van der Waals surface area contributed by atoms with E-state index in [1.807, 2.05) is 22.8 Å². The first-order valence-corrected chi connectivity index (χ1v) is 6.20. The van der Waals surface area contributed by atoms with Crippen molar-refractivity contribution in [1.82, 2.24) is 14.6 Å². The van der Waals surface area contributed by atoms with Crippen molar-refractivity contribution in [3.63, 3.8) is 0 Å². The summed E-state index contributed by atoms with van der Waals surface area (Å²) in [5.74, 6) is 0. The third kappa shape index (κ3) is 1.59. The average molecular weight is 245 g/mol. The van der Waals surface area contributed by atoms with Gasteiger partial charge >= 0.3 is 0 Å². The van der Waals surface area contributed by atoms with Gasteiger partial charge in [-0.3, -0.25) is 0 Å². The fraction of sp³-hybridized carbons (Fsp3) is 0. The van der Waals surface area contributed by atoms with Crippen molar-refractivity contribution in [2.45, 2.75) is 0 Å². The highest BCUT2D eigenvalue weighted by molar-refractivity contribution is 5.86. The van der Waals surface area contributed by atoms with E-state index < -0.39 is 0 Å². The first-order valence-electron chi connectivity index (χ1n) is 6.20. The molecule has 0 aliphatic carbocycles. The monoisotopic (exact) mass is 245 g/mol. The minimum absolute atomic E-state index is 0.866. The van der Waals surface area contributed by atoms with Crippen LogP contribution in [-0.2, 0) is 0 Å². The van der Waals surface area contributed by atoms with Gasteiger partial charge < -0.3 is 0 Å². The van der Waals surface area contributed by atoms with Crippen molar-refractivity contribution in [1.29, 1.82) is 0 Å². The molecule has 2 heterocycles. The van der Waals surface area contributed by atoms with Crippen LogP contribution in [-0.4, -0.2) is 14.6 Å². The first-order chi connectivity index (χ1) is 9.42. The summed E-state index contributed by atoms with van der Waals surface area (Å²) in [4.78, 5) is 4.38. The maximum absolute atomic E-state index is 4.38. The van der Waals surface area contributed by atoms with Gasteiger partial charge in [0.2, 0.25) is 0 Å². The maximum atomic E-state index is 4.38. The smallest absolute Gasteiger partial charge is 0.154 e. The Bertz CT molecular complexity index is 877. The lowest BCUT2D eigenvalue weighted by molar-refractivity contribution is 0.943. The summed E-state index contributed by atoms with van der Waals surface area (Å²) in [5, 5.41) is 6.82. The van der Waals surface area contributed by atoms with Crippen LogP contribution in [0.25, 0.3) is 27.7 Å². The topological polar surface area (TPSA) is 30.2 Å². The van der Waals surface area contributed by atoms with Crippen LogP contribution in [0.1, 0.15) is 0 Å². The average Bonchev–Trinajstić information content (AvgIpc) is 2.91. The molecule has 0 fully saturated rings. The number of hydrogen-bond acceptors (Lipinski definition) is 2. The molecular formula is C16H11N3. The van der Waals surface area contributed by atoms with E-state index >= 15 is 0 Å². The van der Waals surface area contributed by atoms with Crippen molar-refractivity contribution < 1.29 is 0 Å². The van der Waals surface area contributed by atoms with Gasteiger partial charge in [0.15, 0.2) is 5.65 Å². The van der Waals surface area contributed by atoms with Crippen molar-refractivity contribution >= 4 is 16.4 Å². The van der Waals surface area contributed by atoms with Gasteiger partial charge in [0.05, 0.1) is 11.9 Å². The number of nitrogens with zero attached hydrogens (tertiary/aromatic N) is 3. The zero-order valence-corrected chi connectivity index (χ0v) is 10.2. The van der Waals surface area contributed by atoms with E-state index in [1.165, 1.54) is 10.8 Å². The SMILES string of the molecule is c1ccc2cc(-c3cnc4cccnn34)ccc2c1. The van der Waals surface area contributed by atoms with Crippen LogP contribution in [0.3, 0.4) is 0 Å². The van der Waals surface area contributed by atoms with Crippen molar-refractivity contribution in [2.24, 2.45) is 0 Å². The lowest BCUT2D eigenvalue weighted by atomic mass is 10.1. The fourth-order valence-electron chi connectivity index (χ4n) is 2.37. The van der Waals surface area contributed by atoms with Crippen LogP contribution >= 0.6 is 0 Å². The number of rotatable bonds is 1. The zero-order valence-electron chi connectivity index (χ0n) is 10.2. The summed E-state index contributed by atoms with van der Waals surface area (Å²) < 4.78 is 1.87. The van der Waals surface area contributed by atoms with E-state index in [1.54, 1.807) is 6.20 Å². The second-order valence-corrected chi connectivity index (χ2v) is 4.50. The quantitative estimate of drug-likeness (QED) is 0.513. The first kappa shape index (κ1) is 10.3. The molecule has 0 spiro atoms. The predicted molar refractivity (Wildman–Crippen MR) is 75.9 cm³/mol. The second-order valence-electron chi connectivity index (χ2n) is 4.50. The zero-order chi connectivity index (χ0) is 12.7. The van der Waals surface area contributed by atoms with Crippen LogP contribution in [0.15, 0.2) is 67.0 Å². The summed E-state index contributed by atoms with van der Waals surface area (Å²) in [6.07, 6.45) is 3.64. The van der Waals surface area contributed by atoms with Gasteiger partial charge in [0.25, 0.3) is 0 Å². The molecule has 0 aliphatic rings. The fourth-order valence-corrected chi connectivity index (χ4v) is 2.37. The third-order valence-corrected chi connectivity index (χ3v) is 3.32. The third-order valence-electron chi connectivity index (χ3n) is 3.32. The Hall–Kier alpha value is -2.68. The Morgan fingerprint density at radius 2 is 1.74 bits per heavy atom. The largest absolute Gasteiger partial charge is 0.235 e. The normalized spacial score (nSPS) is 11.2. The Morgan fingerprint density at radius 1 is 0.842 bits per heavy atom. The minimum atomic E-state index is 0.866. The molecular weight excluding hydrogens is 234 g/mol. The lowest BCUT2D eigenvalue weighted by Gasteiger charge is -2.03. The molecule has 19 heavy (non-hydrogen) atoms. The van der Waals surface area contributed by atoms with Crippen molar-refractivity contribution in [2.75, 3.05) is 0 Å². The molecule has 0 unspecified atom stereocenters. The van der Waals surface area contributed by atoms with E-state index in [4.69, 9.17) is 0 Å². The summed E-state index contributed by atoms with van der Waals surface area (Å²) in [5.41, 5.74) is 3.01. The maximum Gasteiger partial charge on any atom is 0.154 e. The molecule has 4 rings (SSSR count). The summed E-state index contributed by atoms with van der Waals surface area (Å²) in [6.45, 7) is 0. The standard InChI is InChI=1S/C16H11N3/c1-2-5-13-10-14(8-7-12(13)4-1)15-11-17-16-6-3-9-18-19(15)16/h1-11H. The number of benzene rings is 2. The molecule has 0 radical (unpaired) electrons. The summed E-state index contributed by atoms with van der Waals surface area (Å²) in [6, 6.07) is 18.6. The minimum Gasteiger partial charge on any atom is -0.235 e. The molecule has 3 heteroatoms. The summed E-state index contributed by atoms with van der Waals surface area (Å²) in [7, 11) is 0. The van der Waals surface area contributed by atoms with Crippen molar-refractivity contribution in [3.05, 3.63) is 67.0 Å². The van der Waals surface area contributed by atoms with Gasteiger partial charge in [0.1, 0.15) is 0 Å². The van der Waals surface area contributed by atoms with Crippen LogP contribution in [0, 0.1) is 0 Å². The molecule has 0 bridgehead atoms. The Morgan fingerprint density at radius 3 is 2.68 bits per heavy atom. The van der Waals surface area contributed by atoms with Gasteiger partial charge in [0, 0.05) is 11.8 Å². The predicted octanol–water partition coefficient (Wildman–Crippen LogP) is 3.55. The molecule has 0 saturated carbocycles. The highest BCUT2D eigenvalue weighted by atomic mass is 15.2. The van der Waals surface area contributed by atoms with Gasteiger partial charge in [-0.15, -0.1) is 0 Å². The molecule has 0 amide bonds. The van der Waals surface area contributed by atoms with Crippen LogP contribution in [0.4, 0.5) is 0 Å². The molecule has 0 atom stereocenters. The van der Waals surface area contributed by atoms with Gasteiger partial charge in [-0.1, -0.05) is 36.4 Å². The van der Waals surface area contributed by atoms with E-state index in [9.17, 15) is 0 Å². The van der Waals surface area contributed by atoms with E-state index in [0.717, 1.165) is 16.9 Å². The molecule has 0 N–H and O–H groups in total. The number of hydrogen-bond donors (Lipinski definition) is 0. The van der Waals surface area contributed by atoms with Gasteiger partial charge in [-0.2, -0.15) is 5.10 Å². The lowest BCUT2D eigenvalue weighted by Crippen LogP contribution is -1.92. The van der Waals surface area contributed by atoms with E-state index in [0.29, 0.717) is 0 Å². The molecule has 2 aromatic carbocycles. The van der Waals surface area contributed by atoms with Gasteiger partial charge in [-0.05, 0) is 29.0 Å². The molecule has 4 aromatic rings. The van der Waals surface area contributed by atoms with Crippen LogP contribution < -0.4 is 0 Å². The Balaban J connectivity index is 1.99. The van der Waals surface area contributed by atoms with E-state index in [-0.39, 0.29) is 0 Å². The number of fused-ring (bicyclic) bond motifs is 2. The molecule has 0 saturated heterocycles. The number of imidazole rings is 1.